The molecule has 1 aliphatic carbocycles. The zero-order valence-corrected chi connectivity index (χ0v) is 10.7. The molecule has 2 atom stereocenters. The number of anilines is 1. The van der Waals surface area contributed by atoms with Crippen molar-refractivity contribution in [3.05, 3.63) is 23.4 Å². The summed E-state index contributed by atoms with van der Waals surface area (Å²) in [4.78, 5) is 18.5. The highest BCUT2D eigenvalue weighted by Gasteiger charge is 2.38. The third kappa shape index (κ3) is 1.96. The number of nitrogen functional groups attached to an aromatic ring is 1. The predicted molar refractivity (Wildman–Crippen MR) is 70.1 cm³/mol. The Hall–Kier alpha value is -1.58. The highest BCUT2D eigenvalue weighted by atomic mass is 16.2. The highest BCUT2D eigenvalue weighted by Crippen LogP contribution is 2.38. The highest BCUT2D eigenvalue weighted by molar-refractivity contribution is 5.95. The third-order valence-corrected chi connectivity index (χ3v) is 4.23. The summed E-state index contributed by atoms with van der Waals surface area (Å²) in [7, 11) is 0. The first kappa shape index (κ1) is 11.5. The molecule has 4 nitrogen and oxygen atoms in total. The number of carbonyl (C=O) groups is 1. The first-order chi connectivity index (χ1) is 8.63. The Labute approximate surface area is 107 Å². The molecule has 3 rings (SSSR count). The summed E-state index contributed by atoms with van der Waals surface area (Å²) in [5.74, 6) is 2.00. The molecule has 1 aromatic rings. The van der Waals surface area contributed by atoms with Crippen LogP contribution in [-0.4, -0.2) is 28.9 Å². The maximum atomic E-state index is 12.4. The number of nitrogens with zero attached hydrogens (tertiary/aromatic N) is 2. The average Bonchev–Trinajstić information content (AvgIpc) is 2.86. The van der Waals surface area contributed by atoms with E-state index in [1.165, 1.54) is 19.3 Å². The van der Waals surface area contributed by atoms with Crippen molar-refractivity contribution in [3.8, 4) is 0 Å². The summed E-state index contributed by atoms with van der Waals surface area (Å²) in [6, 6.07) is 3.51. The zero-order valence-electron chi connectivity index (χ0n) is 10.7. The fourth-order valence-corrected chi connectivity index (χ4v) is 3.40. The molecule has 0 spiro atoms. The molecule has 1 saturated heterocycles. The molecule has 2 aliphatic rings. The molecule has 18 heavy (non-hydrogen) atoms. The maximum absolute atomic E-state index is 12.4. The normalized spacial score (nSPS) is 26.4. The lowest BCUT2D eigenvalue weighted by atomic mass is 10.0. The predicted octanol–water partition coefficient (Wildman–Crippen LogP) is 1.84. The van der Waals surface area contributed by atoms with E-state index in [1.54, 1.807) is 6.07 Å². The van der Waals surface area contributed by atoms with Crippen LogP contribution in [0.5, 0.6) is 0 Å². The largest absolute Gasteiger partial charge is 0.384 e. The van der Waals surface area contributed by atoms with Crippen LogP contribution in [-0.2, 0) is 0 Å². The fourth-order valence-electron chi connectivity index (χ4n) is 3.40. The Bertz CT molecular complexity index is 454. The van der Waals surface area contributed by atoms with Gasteiger partial charge in [-0.05, 0) is 43.7 Å². The standard InChI is InChI=1S/C14H19N3O/c1-9-5-12(6-13(15)16-9)14(18)17-7-10-3-2-4-11(10)8-17/h5-6,10-11H,2-4,7-8H2,1H3,(H2,15,16). The van der Waals surface area contributed by atoms with Gasteiger partial charge in [0, 0.05) is 24.3 Å². The Balaban J connectivity index is 1.78. The Morgan fingerprint density at radius 2 is 2.00 bits per heavy atom. The van der Waals surface area contributed by atoms with Crippen molar-refractivity contribution < 1.29 is 4.79 Å². The van der Waals surface area contributed by atoms with Gasteiger partial charge in [-0.3, -0.25) is 4.79 Å². The van der Waals surface area contributed by atoms with Crippen LogP contribution in [0.4, 0.5) is 5.82 Å². The fraction of sp³-hybridized carbons (Fsp3) is 0.571. The molecular weight excluding hydrogens is 226 g/mol. The lowest BCUT2D eigenvalue weighted by Gasteiger charge is -2.17. The number of fused-ring (bicyclic) bond motifs is 1. The summed E-state index contributed by atoms with van der Waals surface area (Å²) >= 11 is 0. The Morgan fingerprint density at radius 1 is 1.33 bits per heavy atom. The molecular formula is C14H19N3O. The number of aryl methyl sites for hydroxylation is 1. The smallest absolute Gasteiger partial charge is 0.254 e. The van der Waals surface area contributed by atoms with Crippen LogP contribution in [0.2, 0.25) is 0 Å². The Morgan fingerprint density at radius 3 is 2.61 bits per heavy atom. The number of likely N-dealkylation sites (tertiary alicyclic amines) is 1. The first-order valence-electron chi connectivity index (χ1n) is 6.67. The minimum Gasteiger partial charge on any atom is -0.384 e. The second-order valence-corrected chi connectivity index (χ2v) is 5.58. The molecule has 2 fully saturated rings. The minimum absolute atomic E-state index is 0.113. The summed E-state index contributed by atoms with van der Waals surface area (Å²) in [5.41, 5.74) is 7.19. The molecule has 1 amide bonds. The number of amides is 1. The van der Waals surface area contributed by atoms with Crippen LogP contribution in [0.25, 0.3) is 0 Å². The number of aromatic nitrogens is 1. The number of hydrogen-bond donors (Lipinski definition) is 1. The van der Waals surface area contributed by atoms with E-state index in [-0.39, 0.29) is 5.91 Å². The summed E-state index contributed by atoms with van der Waals surface area (Å²) < 4.78 is 0. The van der Waals surface area contributed by atoms with Crippen molar-refractivity contribution >= 4 is 11.7 Å². The van der Waals surface area contributed by atoms with E-state index >= 15 is 0 Å². The number of carbonyl (C=O) groups excluding carboxylic acids is 1. The van der Waals surface area contributed by atoms with Crippen LogP contribution in [0, 0.1) is 18.8 Å². The maximum Gasteiger partial charge on any atom is 0.254 e. The van der Waals surface area contributed by atoms with E-state index in [4.69, 9.17) is 5.73 Å². The van der Waals surface area contributed by atoms with Gasteiger partial charge in [-0.25, -0.2) is 4.98 Å². The van der Waals surface area contributed by atoms with Crippen LogP contribution in [0.3, 0.4) is 0 Å². The molecule has 0 aromatic carbocycles. The van der Waals surface area contributed by atoms with Gasteiger partial charge in [-0.15, -0.1) is 0 Å². The molecule has 0 bridgehead atoms. The van der Waals surface area contributed by atoms with Crippen LogP contribution < -0.4 is 5.73 Å². The molecule has 1 aromatic heterocycles. The Kier molecular flexibility index (Phi) is 2.73. The topological polar surface area (TPSA) is 59.2 Å². The third-order valence-electron chi connectivity index (χ3n) is 4.23. The van der Waals surface area contributed by atoms with Gasteiger partial charge in [0.1, 0.15) is 5.82 Å². The molecule has 1 aliphatic heterocycles. The van der Waals surface area contributed by atoms with Gasteiger partial charge in [0.2, 0.25) is 0 Å². The van der Waals surface area contributed by atoms with E-state index in [1.807, 2.05) is 17.9 Å². The molecule has 1 saturated carbocycles. The van der Waals surface area contributed by atoms with Crippen molar-refractivity contribution in [2.24, 2.45) is 11.8 Å². The van der Waals surface area contributed by atoms with Gasteiger partial charge >= 0.3 is 0 Å². The summed E-state index contributed by atoms with van der Waals surface area (Å²) in [6.45, 7) is 3.71. The molecule has 2 unspecified atom stereocenters. The molecule has 4 heteroatoms. The van der Waals surface area contributed by atoms with Crippen molar-refractivity contribution in [2.45, 2.75) is 26.2 Å². The van der Waals surface area contributed by atoms with Gasteiger partial charge in [-0.1, -0.05) is 6.42 Å². The van der Waals surface area contributed by atoms with Crippen molar-refractivity contribution in [1.29, 1.82) is 0 Å². The lowest BCUT2D eigenvalue weighted by molar-refractivity contribution is 0.0780. The lowest BCUT2D eigenvalue weighted by Crippen LogP contribution is -2.29. The van der Waals surface area contributed by atoms with Crippen LogP contribution in [0.15, 0.2) is 12.1 Å². The van der Waals surface area contributed by atoms with Gasteiger partial charge in [0.15, 0.2) is 0 Å². The number of rotatable bonds is 1. The molecule has 0 radical (unpaired) electrons. The molecule has 96 valence electrons. The quantitative estimate of drug-likeness (QED) is 0.821. The number of pyridine rings is 1. The monoisotopic (exact) mass is 245 g/mol. The number of hydrogen-bond acceptors (Lipinski definition) is 3. The van der Waals surface area contributed by atoms with Gasteiger partial charge in [-0.2, -0.15) is 0 Å². The average molecular weight is 245 g/mol. The van der Waals surface area contributed by atoms with Gasteiger partial charge < -0.3 is 10.6 Å². The second-order valence-electron chi connectivity index (χ2n) is 5.58. The minimum atomic E-state index is 0.113. The van der Waals surface area contributed by atoms with Crippen LogP contribution in [0.1, 0.15) is 35.3 Å². The first-order valence-corrected chi connectivity index (χ1v) is 6.67. The molecule has 2 heterocycles. The van der Waals surface area contributed by atoms with E-state index in [0.29, 0.717) is 11.4 Å². The SMILES string of the molecule is Cc1cc(C(=O)N2CC3CCCC3C2)cc(N)n1. The second kappa shape index (κ2) is 4.26. The van der Waals surface area contributed by atoms with Crippen molar-refractivity contribution in [1.82, 2.24) is 9.88 Å². The van der Waals surface area contributed by atoms with Gasteiger partial charge in [0.05, 0.1) is 0 Å². The van der Waals surface area contributed by atoms with E-state index in [0.717, 1.165) is 30.6 Å². The van der Waals surface area contributed by atoms with E-state index in [9.17, 15) is 4.79 Å². The van der Waals surface area contributed by atoms with E-state index in [2.05, 4.69) is 4.98 Å². The number of nitrogens with two attached hydrogens (primary N) is 1. The van der Waals surface area contributed by atoms with Crippen molar-refractivity contribution in [2.75, 3.05) is 18.8 Å². The van der Waals surface area contributed by atoms with Gasteiger partial charge in [0.25, 0.3) is 5.91 Å². The van der Waals surface area contributed by atoms with E-state index < -0.39 is 0 Å². The van der Waals surface area contributed by atoms with Crippen molar-refractivity contribution in [3.63, 3.8) is 0 Å². The van der Waals surface area contributed by atoms with Crippen LogP contribution >= 0.6 is 0 Å². The summed E-state index contributed by atoms with van der Waals surface area (Å²) in [6.07, 6.45) is 3.90. The molecule has 2 N–H and O–H groups in total. The zero-order chi connectivity index (χ0) is 12.7. The summed E-state index contributed by atoms with van der Waals surface area (Å²) in [5, 5.41) is 0.